The fourth-order valence-corrected chi connectivity index (χ4v) is 3.24. The molecule has 1 fully saturated rings. The molecule has 5 nitrogen and oxygen atoms in total. The molecule has 1 aromatic carbocycles. The number of nitrogens with zero attached hydrogens (tertiary/aromatic N) is 1. The molecule has 2 aliphatic rings. The van der Waals surface area contributed by atoms with Crippen molar-refractivity contribution in [2.75, 3.05) is 13.1 Å². The zero-order valence-corrected chi connectivity index (χ0v) is 13.3. The average molecular weight is 302 g/mol. The second kappa shape index (κ2) is 5.00. The van der Waals surface area contributed by atoms with E-state index in [-0.39, 0.29) is 17.5 Å². The van der Waals surface area contributed by atoms with Crippen molar-refractivity contribution < 1.29 is 14.3 Å². The van der Waals surface area contributed by atoms with Crippen LogP contribution in [-0.2, 0) is 10.3 Å². The highest BCUT2D eigenvalue weighted by Crippen LogP contribution is 2.39. The molecule has 1 N–H and O–H groups in total. The Morgan fingerprint density at radius 1 is 1.23 bits per heavy atom. The van der Waals surface area contributed by atoms with Crippen molar-refractivity contribution in [2.45, 2.75) is 44.8 Å². The number of piperidine rings is 1. The Balaban J connectivity index is 1.73. The molecular formula is C17H22N2O3. The van der Waals surface area contributed by atoms with Crippen molar-refractivity contribution in [3.05, 3.63) is 35.4 Å². The molecule has 5 heteroatoms. The number of benzene rings is 1. The van der Waals surface area contributed by atoms with Gasteiger partial charge in [0.05, 0.1) is 5.54 Å². The van der Waals surface area contributed by atoms with E-state index in [2.05, 4.69) is 5.32 Å². The molecule has 1 saturated heterocycles. The maximum Gasteiger partial charge on any atom is 0.410 e. The van der Waals surface area contributed by atoms with E-state index in [0.29, 0.717) is 13.1 Å². The molecule has 2 amide bonds. The highest BCUT2D eigenvalue weighted by Gasteiger charge is 2.45. The Hall–Kier alpha value is -2.04. The maximum atomic E-state index is 12.1. The number of amides is 2. The van der Waals surface area contributed by atoms with Crippen LogP contribution in [0.15, 0.2) is 24.3 Å². The van der Waals surface area contributed by atoms with Crippen LogP contribution in [0, 0.1) is 0 Å². The molecule has 0 aromatic heterocycles. The summed E-state index contributed by atoms with van der Waals surface area (Å²) in [7, 11) is 0. The molecule has 0 saturated carbocycles. The van der Waals surface area contributed by atoms with Crippen molar-refractivity contribution in [1.29, 1.82) is 0 Å². The van der Waals surface area contributed by atoms with Crippen LogP contribution in [-0.4, -0.2) is 35.6 Å². The van der Waals surface area contributed by atoms with Gasteiger partial charge in [0.1, 0.15) is 5.60 Å². The summed E-state index contributed by atoms with van der Waals surface area (Å²) in [6.45, 7) is 6.77. The van der Waals surface area contributed by atoms with E-state index in [1.54, 1.807) is 4.90 Å². The van der Waals surface area contributed by atoms with Crippen LogP contribution in [0.5, 0.6) is 0 Å². The van der Waals surface area contributed by atoms with E-state index in [1.807, 2.05) is 45.0 Å². The van der Waals surface area contributed by atoms with E-state index in [9.17, 15) is 9.59 Å². The third-order valence-electron chi connectivity index (χ3n) is 4.31. The highest BCUT2D eigenvalue weighted by atomic mass is 16.6. The summed E-state index contributed by atoms with van der Waals surface area (Å²) in [6.07, 6.45) is 1.16. The average Bonchev–Trinajstić information content (AvgIpc) is 2.71. The predicted molar refractivity (Wildman–Crippen MR) is 82.6 cm³/mol. The highest BCUT2D eigenvalue weighted by molar-refractivity contribution is 6.00. The van der Waals surface area contributed by atoms with E-state index in [1.165, 1.54) is 0 Å². The number of fused-ring (bicyclic) bond motifs is 2. The molecule has 22 heavy (non-hydrogen) atoms. The molecule has 0 aliphatic carbocycles. The zero-order valence-electron chi connectivity index (χ0n) is 13.3. The first-order valence-corrected chi connectivity index (χ1v) is 7.71. The number of hydrogen-bond acceptors (Lipinski definition) is 3. The van der Waals surface area contributed by atoms with Crippen molar-refractivity contribution >= 4 is 12.0 Å². The summed E-state index contributed by atoms with van der Waals surface area (Å²) in [5, 5.41) is 3.12. The van der Waals surface area contributed by atoms with Gasteiger partial charge in [0.25, 0.3) is 5.91 Å². The van der Waals surface area contributed by atoms with E-state index < -0.39 is 5.60 Å². The lowest BCUT2D eigenvalue weighted by Crippen LogP contribution is -2.51. The van der Waals surface area contributed by atoms with Gasteiger partial charge in [-0.05, 0) is 45.2 Å². The molecule has 1 spiro atoms. The van der Waals surface area contributed by atoms with Crippen LogP contribution in [0.25, 0.3) is 0 Å². The molecule has 1 aromatic rings. The fourth-order valence-electron chi connectivity index (χ4n) is 3.24. The number of carbonyl (C=O) groups is 2. The van der Waals surface area contributed by atoms with Gasteiger partial charge >= 0.3 is 6.09 Å². The summed E-state index contributed by atoms with van der Waals surface area (Å²) in [5.74, 6) is -0.0127. The van der Waals surface area contributed by atoms with Crippen LogP contribution >= 0.6 is 0 Å². The molecule has 118 valence electrons. The lowest BCUT2D eigenvalue weighted by atomic mass is 9.82. The topological polar surface area (TPSA) is 58.6 Å². The molecule has 3 rings (SSSR count). The molecule has 0 radical (unpaired) electrons. The molecular weight excluding hydrogens is 280 g/mol. The number of likely N-dealkylation sites (tertiary alicyclic amines) is 1. The number of nitrogens with one attached hydrogen (secondary N) is 1. The van der Waals surface area contributed by atoms with Crippen LogP contribution in [0.2, 0.25) is 0 Å². The molecule has 0 atom stereocenters. The van der Waals surface area contributed by atoms with Gasteiger partial charge < -0.3 is 15.0 Å². The lowest BCUT2D eigenvalue weighted by Gasteiger charge is -2.40. The van der Waals surface area contributed by atoms with E-state index >= 15 is 0 Å². The first kappa shape index (κ1) is 14.9. The monoisotopic (exact) mass is 302 g/mol. The van der Waals surface area contributed by atoms with Gasteiger partial charge in [-0.2, -0.15) is 0 Å². The Bertz CT molecular complexity index is 611. The summed E-state index contributed by atoms with van der Waals surface area (Å²) < 4.78 is 5.42. The number of rotatable bonds is 0. The molecule has 2 heterocycles. The second-order valence-corrected chi connectivity index (χ2v) is 7.05. The minimum absolute atomic E-state index is 0.0127. The normalized spacial score (nSPS) is 19.8. The maximum absolute atomic E-state index is 12.1. The third-order valence-corrected chi connectivity index (χ3v) is 4.31. The van der Waals surface area contributed by atoms with Crippen molar-refractivity contribution in [3.63, 3.8) is 0 Å². The SMILES string of the molecule is CC(C)(C)OC(=O)N1CCC2(CC1)NC(=O)c1ccccc12. The van der Waals surface area contributed by atoms with Crippen LogP contribution in [0.3, 0.4) is 0 Å². The van der Waals surface area contributed by atoms with Crippen molar-refractivity contribution in [3.8, 4) is 0 Å². The largest absolute Gasteiger partial charge is 0.444 e. The van der Waals surface area contributed by atoms with Gasteiger partial charge in [0.2, 0.25) is 0 Å². The lowest BCUT2D eigenvalue weighted by molar-refractivity contribution is 0.0152. The summed E-state index contributed by atoms with van der Waals surface area (Å²) in [4.78, 5) is 26.0. The zero-order chi connectivity index (χ0) is 16.0. The number of carbonyl (C=O) groups excluding carboxylic acids is 2. The Labute approximate surface area is 130 Å². The van der Waals surface area contributed by atoms with Gasteiger partial charge in [-0.25, -0.2) is 4.79 Å². The first-order chi connectivity index (χ1) is 10.3. The number of ether oxygens (including phenoxy) is 1. The Kier molecular flexibility index (Phi) is 3.38. The quantitative estimate of drug-likeness (QED) is 0.801. The second-order valence-electron chi connectivity index (χ2n) is 7.05. The van der Waals surface area contributed by atoms with Crippen LogP contribution in [0.1, 0.15) is 49.5 Å². The molecule has 0 bridgehead atoms. The fraction of sp³-hybridized carbons (Fsp3) is 0.529. The van der Waals surface area contributed by atoms with Crippen molar-refractivity contribution in [1.82, 2.24) is 10.2 Å². The predicted octanol–water partition coefficient (Wildman–Crippen LogP) is 2.66. The van der Waals surface area contributed by atoms with Gasteiger partial charge in [0.15, 0.2) is 0 Å². The minimum atomic E-state index is -0.486. The number of hydrogen-bond donors (Lipinski definition) is 1. The minimum Gasteiger partial charge on any atom is -0.444 e. The smallest absolute Gasteiger partial charge is 0.410 e. The van der Waals surface area contributed by atoms with Gasteiger partial charge in [-0.1, -0.05) is 18.2 Å². The molecule has 0 unspecified atom stereocenters. The van der Waals surface area contributed by atoms with Gasteiger partial charge in [-0.3, -0.25) is 4.79 Å². The summed E-state index contributed by atoms with van der Waals surface area (Å²) in [5.41, 5.74) is 1.00. The molecule has 2 aliphatic heterocycles. The van der Waals surface area contributed by atoms with Gasteiger partial charge in [-0.15, -0.1) is 0 Å². The summed E-state index contributed by atoms with van der Waals surface area (Å²) >= 11 is 0. The Morgan fingerprint density at radius 3 is 2.50 bits per heavy atom. The van der Waals surface area contributed by atoms with Crippen LogP contribution in [0.4, 0.5) is 4.79 Å². The van der Waals surface area contributed by atoms with E-state index in [4.69, 9.17) is 4.74 Å². The third kappa shape index (κ3) is 2.56. The Morgan fingerprint density at radius 2 is 1.86 bits per heavy atom. The van der Waals surface area contributed by atoms with E-state index in [0.717, 1.165) is 24.0 Å². The standard InChI is InChI=1S/C17H22N2O3/c1-16(2,3)22-15(21)19-10-8-17(9-11-19)13-7-5-4-6-12(13)14(20)18-17/h4-7H,8-11H2,1-3H3,(H,18,20). The van der Waals surface area contributed by atoms with Gasteiger partial charge in [0, 0.05) is 18.7 Å². The first-order valence-electron chi connectivity index (χ1n) is 7.71. The van der Waals surface area contributed by atoms with Crippen molar-refractivity contribution in [2.24, 2.45) is 0 Å². The summed E-state index contributed by atoms with van der Waals surface area (Å²) in [6, 6.07) is 7.71. The van der Waals surface area contributed by atoms with Crippen LogP contribution < -0.4 is 5.32 Å².